The van der Waals surface area contributed by atoms with E-state index < -0.39 is 0 Å². The van der Waals surface area contributed by atoms with Crippen molar-refractivity contribution in [2.45, 2.75) is 91.6 Å². The molecular formula is C20H40O5S. The topological polar surface area (TPSA) is 54.0 Å². The van der Waals surface area contributed by atoms with E-state index in [4.69, 9.17) is 18.9 Å². The van der Waals surface area contributed by atoms with E-state index in [-0.39, 0.29) is 22.6 Å². The Labute approximate surface area is 164 Å². The lowest BCUT2D eigenvalue weighted by molar-refractivity contribution is -0.156. The van der Waals surface area contributed by atoms with Crippen molar-refractivity contribution in [3.05, 3.63) is 0 Å². The minimum Gasteiger partial charge on any atom is -0.375 e. The molecule has 156 valence electrons. The van der Waals surface area contributed by atoms with Crippen molar-refractivity contribution in [1.82, 2.24) is 0 Å². The van der Waals surface area contributed by atoms with E-state index in [0.29, 0.717) is 26.4 Å². The molecule has 0 aromatic rings. The first-order chi connectivity index (χ1) is 12.1. The smallest absolute Gasteiger partial charge is 0.185 e. The second-order valence-electron chi connectivity index (χ2n) is 7.54. The zero-order valence-electron chi connectivity index (χ0n) is 17.9. The quantitative estimate of drug-likeness (QED) is 0.277. The predicted molar refractivity (Wildman–Crippen MR) is 109 cm³/mol. The summed E-state index contributed by atoms with van der Waals surface area (Å²) in [5, 5.41) is 0.179. The minimum atomic E-state index is -0.246. The first kappa shape index (κ1) is 25.9. The highest BCUT2D eigenvalue weighted by Crippen LogP contribution is 2.22. The largest absolute Gasteiger partial charge is 0.375 e. The molecule has 0 atom stereocenters. The molecule has 0 radical (unpaired) electrons. The summed E-state index contributed by atoms with van der Waals surface area (Å²) in [5.41, 5.74) is -0.425. The summed E-state index contributed by atoms with van der Waals surface area (Å²) in [7, 11) is 0. The second-order valence-corrected chi connectivity index (χ2v) is 8.81. The maximum absolute atomic E-state index is 11.0. The molecule has 0 aliphatic rings. The molecule has 26 heavy (non-hydrogen) atoms. The maximum atomic E-state index is 11.0. The molecule has 0 amide bonds. The van der Waals surface area contributed by atoms with Crippen molar-refractivity contribution in [2.75, 3.05) is 32.2 Å². The van der Waals surface area contributed by atoms with E-state index in [2.05, 4.69) is 27.7 Å². The Morgan fingerprint density at radius 1 is 0.923 bits per heavy atom. The van der Waals surface area contributed by atoms with Gasteiger partial charge in [-0.25, -0.2) is 0 Å². The molecule has 0 aliphatic heterocycles. The summed E-state index contributed by atoms with van der Waals surface area (Å²) in [4.78, 5) is 11.0. The maximum Gasteiger partial charge on any atom is 0.185 e. The Kier molecular flexibility index (Phi) is 13.9. The van der Waals surface area contributed by atoms with Gasteiger partial charge in [0.1, 0.15) is 0 Å². The van der Waals surface area contributed by atoms with Gasteiger partial charge in [0.05, 0.1) is 24.4 Å². The first-order valence-electron chi connectivity index (χ1n) is 9.76. The number of carbonyl (C=O) groups excluding carboxylic acids is 1. The molecule has 0 aromatic heterocycles. The average Bonchev–Trinajstić information content (AvgIpc) is 2.51. The molecule has 0 N–H and O–H groups in total. The molecule has 5 nitrogen and oxygen atoms in total. The third kappa shape index (κ3) is 15.0. The van der Waals surface area contributed by atoms with Gasteiger partial charge in [-0.2, -0.15) is 0 Å². The van der Waals surface area contributed by atoms with Crippen LogP contribution in [0.3, 0.4) is 0 Å². The summed E-state index contributed by atoms with van der Waals surface area (Å²) in [6.45, 7) is 16.5. The fraction of sp³-hybridized carbons (Fsp3) is 0.950. The van der Waals surface area contributed by atoms with Gasteiger partial charge in [-0.1, -0.05) is 11.8 Å². The number of rotatable bonds is 16. The Balaban J connectivity index is 4.01. The Morgan fingerprint density at radius 2 is 1.46 bits per heavy atom. The van der Waals surface area contributed by atoms with Gasteiger partial charge in [0.25, 0.3) is 0 Å². The van der Waals surface area contributed by atoms with Crippen molar-refractivity contribution < 1.29 is 23.7 Å². The van der Waals surface area contributed by atoms with E-state index in [0.717, 1.165) is 31.4 Å². The van der Waals surface area contributed by atoms with Crippen molar-refractivity contribution in [3.8, 4) is 0 Å². The molecule has 0 aliphatic carbocycles. The van der Waals surface area contributed by atoms with Gasteiger partial charge >= 0.3 is 0 Å². The van der Waals surface area contributed by atoms with Gasteiger partial charge < -0.3 is 18.9 Å². The van der Waals surface area contributed by atoms with Gasteiger partial charge in [0.15, 0.2) is 11.4 Å². The Morgan fingerprint density at radius 3 is 2.00 bits per heavy atom. The highest BCUT2D eigenvalue weighted by atomic mass is 32.2. The highest BCUT2D eigenvalue weighted by Gasteiger charge is 2.23. The van der Waals surface area contributed by atoms with Crippen LogP contribution in [0.4, 0.5) is 0 Å². The minimum absolute atomic E-state index is 0.178. The van der Waals surface area contributed by atoms with Crippen molar-refractivity contribution >= 4 is 16.9 Å². The summed E-state index contributed by atoms with van der Waals surface area (Å²) >= 11 is 1.38. The van der Waals surface area contributed by atoms with E-state index in [1.54, 1.807) is 6.92 Å². The molecule has 0 fully saturated rings. The van der Waals surface area contributed by atoms with Gasteiger partial charge in [-0.3, -0.25) is 4.79 Å². The molecule has 0 heterocycles. The Hall–Kier alpha value is -0.140. The molecule has 0 unspecified atom stereocenters. The average molecular weight is 393 g/mol. The van der Waals surface area contributed by atoms with Crippen LogP contribution in [0.2, 0.25) is 0 Å². The first-order valence-corrected chi connectivity index (χ1v) is 10.7. The molecule has 0 saturated carbocycles. The number of hydrogen-bond donors (Lipinski definition) is 0. The third-order valence-electron chi connectivity index (χ3n) is 3.98. The van der Waals surface area contributed by atoms with E-state index in [1.807, 2.05) is 13.8 Å². The fourth-order valence-electron chi connectivity index (χ4n) is 2.45. The van der Waals surface area contributed by atoms with Crippen molar-refractivity contribution in [2.24, 2.45) is 0 Å². The highest BCUT2D eigenvalue weighted by molar-refractivity contribution is 8.13. The normalized spacial score (nSPS) is 12.8. The summed E-state index contributed by atoms with van der Waals surface area (Å²) in [6.07, 6.45) is 3.29. The zero-order chi connectivity index (χ0) is 20.1. The molecule has 0 rings (SSSR count). The number of ether oxygens (including phenoxy) is 4. The van der Waals surface area contributed by atoms with Crippen molar-refractivity contribution in [1.29, 1.82) is 0 Å². The lowest BCUT2D eigenvalue weighted by atomic mass is 10.0. The summed E-state index contributed by atoms with van der Waals surface area (Å²) < 4.78 is 23.1. The predicted octanol–water partition coefficient (Wildman–Crippen LogP) is 4.82. The second kappa shape index (κ2) is 13.9. The third-order valence-corrected chi connectivity index (χ3v) is 4.88. The zero-order valence-corrected chi connectivity index (χ0v) is 18.7. The number of thioether (sulfide) groups is 1. The van der Waals surface area contributed by atoms with E-state index >= 15 is 0 Å². The summed E-state index contributed by atoms with van der Waals surface area (Å²) in [6, 6.07) is 0. The number of hydrogen-bond acceptors (Lipinski definition) is 6. The van der Waals surface area contributed by atoms with E-state index in [9.17, 15) is 4.79 Å². The molecule has 0 saturated heterocycles. The molecule has 0 spiro atoms. The van der Waals surface area contributed by atoms with Crippen LogP contribution in [-0.4, -0.2) is 54.8 Å². The van der Waals surface area contributed by atoms with E-state index in [1.165, 1.54) is 11.8 Å². The lowest BCUT2D eigenvalue weighted by Gasteiger charge is -2.30. The van der Waals surface area contributed by atoms with Gasteiger partial charge in [0.2, 0.25) is 0 Å². The van der Waals surface area contributed by atoms with Crippen LogP contribution >= 0.6 is 11.8 Å². The number of carbonyl (C=O) groups is 1. The standard InChI is InChI=1S/C20H40O5S/c1-8-22-18(23-9-2)11-14-24-20(6,7)13-15-25-19(4,5)12-10-16-26-17(3)21/h18H,8-16H2,1-7H3. The monoisotopic (exact) mass is 392 g/mol. The summed E-state index contributed by atoms with van der Waals surface area (Å²) in [5.74, 6) is 0.859. The van der Waals surface area contributed by atoms with Gasteiger partial charge in [-0.15, -0.1) is 0 Å². The van der Waals surface area contributed by atoms with Crippen LogP contribution in [0.5, 0.6) is 0 Å². The van der Waals surface area contributed by atoms with Crippen LogP contribution in [0, 0.1) is 0 Å². The van der Waals surface area contributed by atoms with Crippen LogP contribution in [0.25, 0.3) is 0 Å². The Bertz CT molecular complexity index is 365. The van der Waals surface area contributed by atoms with Gasteiger partial charge in [-0.05, 0) is 60.8 Å². The SMILES string of the molecule is CCOC(CCOC(C)(C)CCOC(C)(C)CCCSC(C)=O)OCC. The molecule has 0 bridgehead atoms. The van der Waals surface area contributed by atoms with Crippen LogP contribution in [-0.2, 0) is 23.7 Å². The van der Waals surface area contributed by atoms with Crippen LogP contribution in [0.1, 0.15) is 74.1 Å². The van der Waals surface area contributed by atoms with Crippen LogP contribution in [0.15, 0.2) is 0 Å². The molecular weight excluding hydrogens is 352 g/mol. The van der Waals surface area contributed by atoms with Crippen molar-refractivity contribution in [3.63, 3.8) is 0 Å². The van der Waals surface area contributed by atoms with Crippen LogP contribution < -0.4 is 0 Å². The lowest BCUT2D eigenvalue weighted by Crippen LogP contribution is -2.32. The van der Waals surface area contributed by atoms with Gasteiger partial charge in [0, 0.05) is 32.3 Å². The molecule has 6 heteroatoms. The molecule has 0 aromatic carbocycles. The fourth-order valence-corrected chi connectivity index (χ4v) is 3.03.